The van der Waals surface area contributed by atoms with Gasteiger partial charge in [-0.25, -0.2) is 4.98 Å². The standard InChI is InChI=1S/C17H21N3O2/c1-22-7-6-20-11-14(9-17(20)21)8-13-2-4-15(5-3-13)16-10-18-12-19-16/h2-5,10,12,14H,6-9,11H2,1H3,(H,18,19). The lowest BCUT2D eigenvalue weighted by Crippen LogP contribution is -2.28. The number of imidazole rings is 1. The number of carbonyl (C=O) groups excluding carboxylic acids is 1. The Morgan fingerprint density at radius 2 is 2.18 bits per heavy atom. The van der Waals surface area contributed by atoms with Crippen LogP contribution < -0.4 is 0 Å². The van der Waals surface area contributed by atoms with E-state index in [9.17, 15) is 4.79 Å². The lowest BCUT2D eigenvalue weighted by Gasteiger charge is -2.16. The molecule has 1 fully saturated rings. The van der Waals surface area contributed by atoms with Crippen molar-refractivity contribution in [2.45, 2.75) is 12.8 Å². The van der Waals surface area contributed by atoms with Crippen molar-refractivity contribution in [2.75, 3.05) is 26.8 Å². The van der Waals surface area contributed by atoms with Crippen LogP contribution in [-0.2, 0) is 16.0 Å². The minimum atomic E-state index is 0.246. The smallest absolute Gasteiger partial charge is 0.223 e. The van der Waals surface area contributed by atoms with E-state index < -0.39 is 0 Å². The predicted octanol–water partition coefficient (Wildman–Crippen LogP) is 2.11. The van der Waals surface area contributed by atoms with Crippen LogP contribution >= 0.6 is 0 Å². The van der Waals surface area contributed by atoms with Gasteiger partial charge >= 0.3 is 0 Å². The van der Waals surface area contributed by atoms with Crippen LogP contribution in [0.3, 0.4) is 0 Å². The maximum Gasteiger partial charge on any atom is 0.223 e. The topological polar surface area (TPSA) is 58.2 Å². The predicted molar refractivity (Wildman–Crippen MR) is 84.3 cm³/mol. The summed E-state index contributed by atoms with van der Waals surface area (Å²) in [5.41, 5.74) is 3.42. The average molecular weight is 299 g/mol. The normalized spacial score (nSPS) is 18.1. The fraction of sp³-hybridized carbons (Fsp3) is 0.412. The molecule has 1 aliphatic rings. The number of likely N-dealkylation sites (tertiary alicyclic amines) is 1. The fourth-order valence-corrected chi connectivity index (χ4v) is 2.98. The summed E-state index contributed by atoms with van der Waals surface area (Å²) in [5, 5.41) is 0. The summed E-state index contributed by atoms with van der Waals surface area (Å²) in [4.78, 5) is 21.0. The lowest BCUT2D eigenvalue weighted by molar-refractivity contribution is -0.128. The number of hydrogen-bond acceptors (Lipinski definition) is 3. The molecule has 5 nitrogen and oxygen atoms in total. The second kappa shape index (κ2) is 6.75. The quantitative estimate of drug-likeness (QED) is 0.889. The Labute approximate surface area is 130 Å². The zero-order valence-electron chi connectivity index (χ0n) is 12.8. The number of aromatic amines is 1. The number of ether oxygens (including phenoxy) is 1. The third kappa shape index (κ3) is 3.36. The second-order valence-corrected chi connectivity index (χ2v) is 5.77. The Balaban J connectivity index is 1.58. The number of hydrogen-bond donors (Lipinski definition) is 1. The average Bonchev–Trinajstić information content (AvgIpc) is 3.16. The zero-order chi connectivity index (χ0) is 15.4. The summed E-state index contributed by atoms with van der Waals surface area (Å²) in [5.74, 6) is 0.651. The SMILES string of the molecule is COCCN1CC(Cc2ccc(-c3cnc[nH]3)cc2)CC1=O. The first-order valence-corrected chi connectivity index (χ1v) is 7.60. The molecule has 0 saturated carbocycles. The van der Waals surface area contributed by atoms with Gasteiger partial charge in [0.25, 0.3) is 0 Å². The Hall–Kier alpha value is -2.14. The van der Waals surface area contributed by atoms with Gasteiger partial charge in [-0.05, 0) is 23.5 Å². The van der Waals surface area contributed by atoms with Gasteiger partial charge in [0, 0.05) is 26.6 Å². The van der Waals surface area contributed by atoms with Crippen LogP contribution in [-0.4, -0.2) is 47.6 Å². The summed E-state index contributed by atoms with van der Waals surface area (Å²) in [6.07, 6.45) is 5.09. The molecular weight excluding hydrogens is 278 g/mol. The van der Waals surface area contributed by atoms with Crippen LogP contribution in [0.15, 0.2) is 36.8 Å². The van der Waals surface area contributed by atoms with Crippen LogP contribution in [0.4, 0.5) is 0 Å². The van der Waals surface area contributed by atoms with E-state index in [0.29, 0.717) is 25.5 Å². The number of rotatable bonds is 6. The van der Waals surface area contributed by atoms with Gasteiger partial charge in [0.1, 0.15) is 0 Å². The van der Waals surface area contributed by atoms with Gasteiger partial charge in [0.2, 0.25) is 5.91 Å². The van der Waals surface area contributed by atoms with Crippen molar-refractivity contribution in [2.24, 2.45) is 5.92 Å². The monoisotopic (exact) mass is 299 g/mol. The Bertz CT molecular complexity index is 607. The number of nitrogens with one attached hydrogen (secondary N) is 1. The largest absolute Gasteiger partial charge is 0.383 e. The van der Waals surface area contributed by atoms with E-state index in [1.54, 1.807) is 13.4 Å². The minimum absolute atomic E-state index is 0.246. The number of amides is 1. The molecule has 1 aliphatic heterocycles. The molecule has 0 radical (unpaired) electrons. The van der Waals surface area contributed by atoms with Crippen LogP contribution in [0.1, 0.15) is 12.0 Å². The molecule has 116 valence electrons. The summed E-state index contributed by atoms with van der Waals surface area (Å²) >= 11 is 0. The van der Waals surface area contributed by atoms with Crippen molar-refractivity contribution in [1.82, 2.24) is 14.9 Å². The third-order valence-electron chi connectivity index (χ3n) is 4.15. The molecule has 1 atom stereocenters. The summed E-state index contributed by atoms with van der Waals surface area (Å²) in [6, 6.07) is 8.47. The molecule has 0 spiro atoms. The number of nitrogens with zero attached hydrogens (tertiary/aromatic N) is 2. The molecule has 2 aromatic rings. The molecule has 1 aromatic carbocycles. The number of methoxy groups -OCH3 is 1. The molecule has 1 unspecified atom stereocenters. The minimum Gasteiger partial charge on any atom is -0.383 e. The van der Waals surface area contributed by atoms with Gasteiger partial charge in [0.05, 0.1) is 24.8 Å². The van der Waals surface area contributed by atoms with Crippen molar-refractivity contribution < 1.29 is 9.53 Å². The first-order valence-electron chi connectivity index (χ1n) is 7.60. The molecule has 5 heteroatoms. The number of carbonyl (C=O) groups is 1. The van der Waals surface area contributed by atoms with Gasteiger partial charge in [-0.2, -0.15) is 0 Å². The lowest BCUT2D eigenvalue weighted by atomic mass is 9.97. The van der Waals surface area contributed by atoms with E-state index in [0.717, 1.165) is 24.2 Å². The van der Waals surface area contributed by atoms with Gasteiger partial charge in [0.15, 0.2) is 0 Å². The first kappa shape index (κ1) is 14.8. The van der Waals surface area contributed by atoms with E-state index in [2.05, 4.69) is 34.2 Å². The van der Waals surface area contributed by atoms with Crippen molar-refractivity contribution in [3.05, 3.63) is 42.4 Å². The molecule has 2 heterocycles. The van der Waals surface area contributed by atoms with Crippen molar-refractivity contribution in [3.63, 3.8) is 0 Å². The van der Waals surface area contributed by atoms with Gasteiger partial charge < -0.3 is 14.6 Å². The van der Waals surface area contributed by atoms with Crippen LogP contribution in [0.5, 0.6) is 0 Å². The van der Waals surface area contributed by atoms with Gasteiger partial charge in [-0.1, -0.05) is 24.3 Å². The summed E-state index contributed by atoms with van der Waals surface area (Å²) in [7, 11) is 1.67. The number of H-pyrrole nitrogens is 1. The Morgan fingerprint density at radius 3 is 2.86 bits per heavy atom. The Kier molecular flexibility index (Phi) is 4.53. The molecule has 0 aliphatic carbocycles. The molecule has 0 bridgehead atoms. The molecular formula is C17H21N3O2. The number of benzene rings is 1. The van der Waals surface area contributed by atoms with E-state index in [-0.39, 0.29) is 5.91 Å². The highest BCUT2D eigenvalue weighted by Crippen LogP contribution is 2.23. The van der Waals surface area contributed by atoms with E-state index in [4.69, 9.17) is 4.74 Å². The van der Waals surface area contributed by atoms with Crippen LogP contribution in [0.25, 0.3) is 11.3 Å². The second-order valence-electron chi connectivity index (χ2n) is 5.77. The zero-order valence-corrected chi connectivity index (χ0v) is 12.8. The van der Waals surface area contributed by atoms with E-state index >= 15 is 0 Å². The van der Waals surface area contributed by atoms with Crippen LogP contribution in [0.2, 0.25) is 0 Å². The highest BCUT2D eigenvalue weighted by molar-refractivity contribution is 5.78. The van der Waals surface area contributed by atoms with Crippen molar-refractivity contribution in [3.8, 4) is 11.3 Å². The maximum atomic E-state index is 11.9. The summed E-state index contributed by atoms with van der Waals surface area (Å²) in [6.45, 7) is 2.15. The fourth-order valence-electron chi connectivity index (χ4n) is 2.98. The van der Waals surface area contributed by atoms with E-state index in [1.165, 1.54) is 5.56 Å². The molecule has 1 aromatic heterocycles. The van der Waals surface area contributed by atoms with Gasteiger partial charge in [-0.15, -0.1) is 0 Å². The molecule has 22 heavy (non-hydrogen) atoms. The maximum absolute atomic E-state index is 11.9. The molecule has 3 rings (SSSR count). The van der Waals surface area contributed by atoms with Crippen molar-refractivity contribution in [1.29, 1.82) is 0 Å². The van der Waals surface area contributed by atoms with Gasteiger partial charge in [-0.3, -0.25) is 4.79 Å². The molecule has 1 amide bonds. The molecule has 1 N–H and O–H groups in total. The Morgan fingerprint density at radius 1 is 1.36 bits per heavy atom. The highest BCUT2D eigenvalue weighted by atomic mass is 16.5. The van der Waals surface area contributed by atoms with E-state index in [1.807, 2.05) is 11.1 Å². The third-order valence-corrected chi connectivity index (χ3v) is 4.15. The summed E-state index contributed by atoms with van der Waals surface area (Å²) < 4.78 is 5.05. The van der Waals surface area contributed by atoms with Crippen LogP contribution in [0, 0.1) is 5.92 Å². The molecule has 1 saturated heterocycles. The van der Waals surface area contributed by atoms with Crippen molar-refractivity contribution >= 4 is 5.91 Å². The highest BCUT2D eigenvalue weighted by Gasteiger charge is 2.29. The first-order chi connectivity index (χ1) is 10.8. The number of aromatic nitrogens is 2.